The largest absolute Gasteiger partial charge is 0.355 e. The highest BCUT2D eigenvalue weighted by Gasteiger charge is 2.18. The third-order valence-corrected chi connectivity index (χ3v) is 1.40. The Morgan fingerprint density at radius 3 is 2.78 bits per heavy atom. The van der Waals surface area contributed by atoms with E-state index in [2.05, 4.69) is 10.5 Å². The van der Waals surface area contributed by atoms with E-state index in [1.807, 2.05) is 6.92 Å². The fraction of sp³-hybridized carbons (Fsp3) is 0.800. The van der Waals surface area contributed by atoms with Gasteiger partial charge in [-0.25, -0.2) is 0 Å². The lowest BCUT2D eigenvalue weighted by Crippen LogP contribution is -2.36. The zero-order chi connectivity index (χ0) is 6.85. The Kier molecular flexibility index (Phi) is 1.57. The van der Waals surface area contributed by atoms with Crippen LogP contribution in [0.3, 0.4) is 0 Å². The summed E-state index contributed by atoms with van der Waals surface area (Å²) in [7, 11) is 1.80. The fourth-order valence-electron chi connectivity index (χ4n) is 0.767. The molecule has 0 amide bonds. The molecule has 1 heterocycles. The van der Waals surface area contributed by atoms with Crippen molar-refractivity contribution in [1.82, 2.24) is 10.3 Å². The van der Waals surface area contributed by atoms with Gasteiger partial charge >= 0.3 is 0 Å². The molecule has 0 bridgehead atoms. The molecule has 0 aromatic heterocycles. The Morgan fingerprint density at radius 2 is 2.56 bits per heavy atom. The molecule has 4 nitrogen and oxygen atoms in total. The molecule has 52 valence electrons. The SMILES string of the molecule is CCC1=NNC(O)N1C. The maximum atomic E-state index is 9.00. The molecule has 0 aromatic carbocycles. The first-order valence-corrected chi connectivity index (χ1v) is 2.98. The molecular formula is C5H11N3O. The van der Waals surface area contributed by atoms with E-state index in [4.69, 9.17) is 5.11 Å². The molecule has 0 aliphatic carbocycles. The topological polar surface area (TPSA) is 47.9 Å². The third-order valence-electron chi connectivity index (χ3n) is 1.40. The molecule has 0 spiro atoms. The monoisotopic (exact) mass is 129 g/mol. The number of amidine groups is 1. The van der Waals surface area contributed by atoms with E-state index >= 15 is 0 Å². The zero-order valence-corrected chi connectivity index (χ0v) is 5.63. The van der Waals surface area contributed by atoms with Crippen LogP contribution in [0, 0.1) is 0 Å². The van der Waals surface area contributed by atoms with Crippen LogP contribution in [0.5, 0.6) is 0 Å². The highest BCUT2D eigenvalue weighted by molar-refractivity contribution is 5.82. The molecule has 1 aliphatic rings. The lowest BCUT2D eigenvalue weighted by molar-refractivity contribution is 0.0552. The van der Waals surface area contributed by atoms with Gasteiger partial charge in [0.25, 0.3) is 0 Å². The highest BCUT2D eigenvalue weighted by Crippen LogP contribution is 2.01. The van der Waals surface area contributed by atoms with Gasteiger partial charge < -0.3 is 10.0 Å². The van der Waals surface area contributed by atoms with E-state index in [9.17, 15) is 0 Å². The summed E-state index contributed by atoms with van der Waals surface area (Å²) in [6.07, 6.45) is 0.223. The molecule has 0 aromatic rings. The standard InChI is InChI=1S/C5H11N3O/c1-3-4-6-7-5(9)8(4)2/h5,7,9H,3H2,1-2H3. The second kappa shape index (κ2) is 2.23. The van der Waals surface area contributed by atoms with E-state index < -0.39 is 6.35 Å². The molecule has 1 rings (SSSR count). The van der Waals surface area contributed by atoms with Gasteiger partial charge in [-0.3, -0.25) is 5.43 Å². The van der Waals surface area contributed by atoms with Gasteiger partial charge in [-0.15, -0.1) is 0 Å². The van der Waals surface area contributed by atoms with Crippen LogP contribution in [-0.2, 0) is 0 Å². The van der Waals surface area contributed by atoms with Crippen LogP contribution in [0.4, 0.5) is 0 Å². The van der Waals surface area contributed by atoms with E-state index in [0.29, 0.717) is 0 Å². The minimum atomic E-state index is -0.625. The second-order valence-electron chi connectivity index (χ2n) is 2.00. The van der Waals surface area contributed by atoms with Crippen molar-refractivity contribution < 1.29 is 5.11 Å². The van der Waals surface area contributed by atoms with Gasteiger partial charge in [-0.05, 0) is 0 Å². The number of hydrazone groups is 1. The lowest BCUT2D eigenvalue weighted by atomic mass is 10.4. The van der Waals surface area contributed by atoms with Crippen molar-refractivity contribution in [1.29, 1.82) is 0 Å². The molecule has 0 fully saturated rings. The normalized spacial score (nSPS) is 25.9. The maximum Gasteiger partial charge on any atom is 0.221 e. The average Bonchev–Trinajstić information content (AvgIpc) is 2.15. The van der Waals surface area contributed by atoms with Crippen molar-refractivity contribution in [3.8, 4) is 0 Å². The molecule has 0 radical (unpaired) electrons. The number of nitrogens with one attached hydrogen (secondary N) is 1. The predicted molar refractivity (Wildman–Crippen MR) is 34.6 cm³/mol. The van der Waals surface area contributed by atoms with Gasteiger partial charge in [0.2, 0.25) is 6.35 Å². The van der Waals surface area contributed by atoms with Gasteiger partial charge in [0.15, 0.2) is 0 Å². The first kappa shape index (κ1) is 6.35. The fourth-order valence-corrected chi connectivity index (χ4v) is 0.767. The Labute approximate surface area is 54.2 Å². The molecule has 0 saturated heterocycles. The summed E-state index contributed by atoms with van der Waals surface area (Å²) >= 11 is 0. The Balaban J connectivity index is 2.55. The van der Waals surface area contributed by atoms with Crippen molar-refractivity contribution in [2.45, 2.75) is 19.7 Å². The second-order valence-corrected chi connectivity index (χ2v) is 2.00. The Hall–Kier alpha value is -0.770. The minimum Gasteiger partial charge on any atom is -0.355 e. The van der Waals surface area contributed by atoms with Gasteiger partial charge in [0.1, 0.15) is 5.84 Å². The molecule has 1 atom stereocenters. The number of rotatable bonds is 1. The van der Waals surface area contributed by atoms with Crippen LogP contribution < -0.4 is 5.43 Å². The minimum absolute atomic E-state index is 0.625. The van der Waals surface area contributed by atoms with E-state index in [0.717, 1.165) is 12.3 Å². The number of hydrogen-bond donors (Lipinski definition) is 2. The molecule has 1 aliphatic heterocycles. The van der Waals surface area contributed by atoms with E-state index in [1.165, 1.54) is 0 Å². The first-order chi connectivity index (χ1) is 4.25. The maximum absolute atomic E-state index is 9.00. The van der Waals surface area contributed by atoms with Crippen LogP contribution in [0.2, 0.25) is 0 Å². The van der Waals surface area contributed by atoms with Crippen molar-refractivity contribution in [3.05, 3.63) is 0 Å². The Morgan fingerprint density at radius 1 is 1.89 bits per heavy atom. The van der Waals surface area contributed by atoms with Crippen LogP contribution in [0.1, 0.15) is 13.3 Å². The summed E-state index contributed by atoms with van der Waals surface area (Å²) in [4.78, 5) is 1.69. The van der Waals surface area contributed by atoms with E-state index in [1.54, 1.807) is 11.9 Å². The summed E-state index contributed by atoms with van der Waals surface area (Å²) in [6, 6.07) is 0. The average molecular weight is 129 g/mol. The van der Waals surface area contributed by atoms with Crippen molar-refractivity contribution in [2.24, 2.45) is 5.10 Å². The first-order valence-electron chi connectivity index (χ1n) is 2.98. The summed E-state index contributed by atoms with van der Waals surface area (Å²) in [5.41, 5.74) is 2.54. The molecule has 1 unspecified atom stereocenters. The van der Waals surface area contributed by atoms with E-state index in [-0.39, 0.29) is 0 Å². The van der Waals surface area contributed by atoms with Crippen molar-refractivity contribution in [3.63, 3.8) is 0 Å². The highest BCUT2D eigenvalue weighted by atomic mass is 16.3. The third kappa shape index (κ3) is 0.977. The van der Waals surface area contributed by atoms with Crippen LogP contribution in [-0.4, -0.2) is 29.2 Å². The molecular weight excluding hydrogens is 118 g/mol. The molecule has 0 saturated carbocycles. The van der Waals surface area contributed by atoms with Crippen molar-refractivity contribution >= 4 is 5.84 Å². The van der Waals surface area contributed by atoms with Crippen molar-refractivity contribution in [2.75, 3.05) is 7.05 Å². The molecule has 2 N–H and O–H groups in total. The number of aliphatic hydroxyl groups excluding tert-OH is 1. The quantitative estimate of drug-likeness (QED) is 0.502. The van der Waals surface area contributed by atoms with Gasteiger partial charge in [0, 0.05) is 13.5 Å². The number of nitrogens with zero attached hydrogens (tertiary/aromatic N) is 2. The van der Waals surface area contributed by atoms with Crippen LogP contribution >= 0.6 is 0 Å². The summed E-state index contributed by atoms with van der Waals surface area (Å²) in [5, 5.41) is 12.9. The van der Waals surface area contributed by atoms with Gasteiger partial charge in [-0.2, -0.15) is 5.10 Å². The summed E-state index contributed by atoms with van der Waals surface area (Å²) in [5.74, 6) is 0.891. The van der Waals surface area contributed by atoms with Crippen LogP contribution in [0.15, 0.2) is 5.10 Å². The van der Waals surface area contributed by atoms with Crippen LogP contribution in [0.25, 0.3) is 0 Å². The smallest absolute Gasteiger partial charge is 0.221 e. The Bertz CT molecular complexity index is 134. The molecule has 4 heteroatoms. The molecule has 9 heavy (non-hydrogen) atoms. The van der Waals surface area contributed by atoms with Gasteiger partial charge in [-0.1, -0.05) is 6.92 Å². The summed E-state index contributed by atoms with van der Waals surface area (Å²) in [6.45, 7) is 2.00. The lowest BCUT2D eigenvalue weighted by Gasteiger charge is -2.15. The number of hydrogen-bond acceptors (Lipinski definition) is 4. The number of aliphatic hydroxyl groups is 1. The zero-order valence-electron chi connectivity index (χ0n) is 5.63. The summed E-state index contributed by atoms with van der Waals surface area (Å²) < 4.78 is 0. The van der Waals surface area contributed by atoms with Gasteiger partial charge in [0.05, 0.1) is 0 Å². The predicted octanol–water partition coefficient (Wildman–Crippen LogP) is -0.479.